The topological polar surface area (TPSA) is 30.7 Å². The molecule has 0 aliphatic carbocycles. The Hall–Kier alpha value is -5.77. The van der Waals surface area contributed by atoms with Gasteiger partial charge in [0.25, 0.3) is 0 Å². The predicted octanol–water partition coefficient (Wildman–Crippen LogP) is 10.8. The zero-order chi connectivity index (χ0) is 31.8. The van der Waals surface area contributed by atoms with Gasteiger partial charge < -0.3 is 0 Å². The Kier molecular flexibility index (Phi) is 8.98. The van der Waals surface area contributed by atoms with Crippen molar-refractivity contribution >= 4 is 34.9 Å². The van der Waals surface area contributed by atoms with Crippen LogP contribution in [0.1, 0.15) is 38.9 Å². The van der Waals surface area contributed by atoms with Gasteiger partial charge in [0.05, 0.1) is 12.7 Å². The summed E-state index contributed by atoms with van der Waals surface area (Å²) in [6.07, 6.45) is 6.50. The quantitative estimate of drug-likeness (QED) is 0.149. The standard InChI is InChI=1S/C43H32ClN3/c44-37-28-40(38(35-22-12-4-13-23-35)26-32-16-6-1-7-17-32)43(42-31-47(46-45-42)30-34-20-10-3-11-21-34)41(29-37)39(36-24-14-5-15-25-36)27-33-18-8-2-9-19-33/h1-29,31H,30H2/b38-26+,39-27+. The van der Waals surface area contributed by atoms with Crippen LogP contribution < -0.4 is 0 Å². The monoisotopic (exact) mass is 625 g/mol. The second-order valence-corrected chi connectivity index (χ2v) is 11.8. The van der Waals surface area contributed by atoms with Crippen molar-refractivity contribution in [2.24, 2.45) is 0 Å². The molecule has 47 heavy (non-hydrogen) atoms. The first-order valence-corrected chi connectivity index (χ1v) is 16.0. The first-order valence-electron chi connectivity index (χ1n) is 15.6. The van der Waals surface area contributed by atoms with E-state index in [4.69, 9.17) is 16.7 Å². The highest BCUT2D eigenvalue weighted by molar-refractivity contribution is 6.31. The molecule has 0 fully saturated rings. The third kappa shape index (κ3) is 7.06. The maximum atomic E-state index is 7.10. The molecule has 0 N–H and O–H groups in total. The van der Waals surface area contributed by atoms with Crippen molar-refractivity contribution in [2.75, 3.05) is 0 Å². The highest BCUT2D eigenvalue weighted by Gasteiger charge is 2.23. The SMILES string of the molecule is Clc1cc(/C(=C/c2ccccc2)c2ccccc2)c(-c2cn(Cc3ccccc3)nn2)c(/C(=C/c2ccccc2)c2ccccc2)c1. The summed E-state index contributed by atoms with van der Waals surface area (Å²) in [7, 11) is 0. The largest absolute Gasteiger partial charge is 0.247 e. The highest BCUT2D eigenvalue weighted by Crippen LogP contribution is 2.42. The number of rotatable bonds is 9. The molecule has 0 aliphatic heterocycles. The molecular weight excluding hydrogens is 594 g/mol. The van der Waals surface area contributed by atoms with Crippen molar-refractivity contribution in [3.8, 4) is 11.3 Å². The lowest BCUT2D eigenvalue weighted by Gasteiger charge is -2.20. The molecule has 0 unspecified atom stereocenters. The summed E-state index contributed by atoms with van der Waals surface area (Å²) in [4.78, 5) is 0. The normalized spacial score (nSPS) is 11.9. The van der Waals surface area contributed by atoms with Crippen LogP contribution in [0.3, 0.4) is 0 Å². The van der Waals surface area contributed by atoms with Gasteiger partial charge in [-0.1, -0.05) is 168 Å². The maximum Gasteiger partial charge on any atom is 0.114 e. The van der Waals surface area contributed by atoms with Crippen molar-refractivity contribution in [1.82, 2.24) is 15.0 Å². The molecule has 6 aromatic carbocycles. The second-order valence-electron chi connectivity index (χ2n) is 11.3. The zero-order valence-corrected chi connectivity index (χ0v) is 26.5. The van der Waals surface area contributed by atoms with Crippen molar-refractivity contribution in [3.63, 3.8) is 0 Å². The van der Waals surface area contributed by atoms with Crippen LogP contribution in [0.2, 0.25) is 5.02 Å². The van der Waals surface area contributed by atoms with E-state index in [1.165, 1.54) is 0 Å². The van der Waals surface area contributed by atoms with Crippen LogP contribution in [0.4, 0.5) is 0 Å². The third-order valence-corrected chi connectivity index (χ3v) is 8.27. The van der Waals surface area contributed by atoms with Gasteiger partial charge in [-0.2, -0.15) is 0 Å². The van der Waals surface area contributed by atoms with Gasteiger partial charge in [0.2, 0.25) is 0 Å². The van der Waals surface area contributed by atoms with Crippen LogP contribution in [0.15, 0.2) is 170 Å². The number of nitrogens with zero attached hydrogens (tertiary/aromatic N) is 3. The summed E-state index contributed by atoms with van der Waals surface area (Å²) in [5.74, 6) is 0. The Bertz CT molecular complexity index is 2020. The molecule has 4 heteroatoms. The van der Waals surface area contributed by atoms with Crippen molar-refractivity contribution in [1.29, 1.82) is 0 Å². The van der Waals surface area contributed by atoms with Gasteiger partial charge in [-0.25, -0.2) is 4.68 Å². The zero-order valence-electron chi connectivity index (χ0n) is 25.7. The van der Waals surface area contributed by atoms with E-state index < -0.39 is 0 Å². The lowest BCUT2D eigenvalue weighted by atomic mass is 9.84. The van der Waals surface area contributed by atoms with Crippen LogP contribution in [0, 0.1) is 0 Å². The molecular formula is C43H32ClN3. The van der Waals surface area contributed by atoms with Gasteiger partial charge in [-0.05, 0) is 74.4 Å². The van der Waals surface area contributed by atoms with E-state index in [1.807, 2.05) is 53.3 Å². The second kappa shape index (κ2) is 14.1. The summed E-state index contributed by atoms with van der Waals surface area (Å²) in [6, 6.07) is 56.2. The Labute approximate surface area is 280 Å². The molecule has 0 aliphatic rings. The summed E-state index contributed by atoms with van der Waals surface area (Å²) in [5, 5.41) is 10.1. The summed E-state index contributed by atoms with van der Waals surface area (Å²) >= 11 is 7.10. The fourth-order valence-electron chi connectivity index (χ4n) is 5.87. The van der Waals surface area contributed by atoms with Gasteiger partial charge in [0, 0.05) is 10.6 Å². The van der Waals surface area contributed by atoms with E-state index in [0.717, 1.165) is 61.3 Å². The molecule has 0 spiro atoms. The van der Waals surface area contributed by atoms with E-state index >= 15 is 0 Å². The summed E-state index contributed by atoms with van der Waals surface area (Å²) < 4.78 is 1.90. The minimum Gasteiger partial charge on any atom is -0.247 e. The number of aromatic nitrogens is 3. The fourth-order valence-corrected chi connectivity index (χ4v) is 6.09. The van der Waals surface area contributed by atoms with Crippen molar-refractivity contribution < 1.29 is 0 Å². The van der Waals surface area contributed by atoms with Crippen LogP contribution in [0.25, 0.3) is 34.6 Å². The Balaban J connectivity index is 1.52. The van der Waals surface area contributed by atoms with Crippen LogP contribution in [-0.4, -0.2) is 15.0 Å². The summed E-state index contributed by atoms with van der Waals surface area (Å²) in [6.45, 7) is 0.614. The molecule has 0 saturated heterocycles. The molecule has 0 saturated carbocycles. The third-order valence-electron chi connectivity index (χ3n) is 8.06. The smallest absolute Gasteiger partial charge is 0.114 e. The van der Waals surface area contributed by atoms with Crippen LogP contribution in [-0.2, 0) is 6.54 Å². The predicted molar refractivity (Wildman–Crippen MR) is 196 cm³/mol. The average molecular weight is 626 g/mol. The van der Waals surface area contributed by atoms with Gasteiger partial charge in [-0.3, -0.25) is 0 Å². The van der Waals surface area contributed by atoms with E-state index in [1.54, 1.807) is 0 Å². The molecule has 226 valence electrons. The molecule has 0 bridgehead atoms. The van der Waals surface area contributed by atoms with Crippen LogP contribution >= 0.6 is 11.6 Å². The molecule has 1 heterocycles. The maximum absolute atomic E-state index is 7.10. The highest BCUT2D eigenvalue weighted by atomic mass is 35.5. The van der Waals surface area contributed by atoms with Crippen LogP contribution in [0.5, 0.6) is 0 Å². The minimum atomic E-state index is 0.614. The molecule has 0 atom stereocenters. The number of hydrogen-bond acceptors (Lipinski definition) is 2. The molecule has 7 aromatic rings. The van der Waals surface area contributed by atoms with Gasteiger partial charge in [0.1, 0.15) is 5.69 Å². The first-order chi connectivity index (χ1) is 23.2. The Morgan fingerprint density at radius 1 is 0.553 bits per heavy atom. The van der Waals surface area contributed by atoms with Gasteiger partial charge in [-0.15, -0.1) is 5.10 Å². The molecule has 0 amide bonds. The van der Waals surface area contributed by atoms with E-state index in [9.17, 15) is 0 Å². The van der Waals surface area contributed by atoms with Crippen molar-refractivity contribution in [2.45, 2.75) is 6.54 Å². The van der Waals surface area contributed by atoms with Crippen molar-refractivity contribution in [3.05, 3.63) is 214 Å². The van der Waals surface area contributed by atoms with E-state index in [-0.39, 0.29) is 0 Å². The first kappa shape index (κ1) is 29.9. The number of benzene rings is 6. The molecule has 7 rings (SSSR count). The minimum absolute atomic E-state index is 0.614. The Morgan fingerprint density at radius 2 is 0.979 bits per heavy atom. The van der Waals surface area contributed by atoms with Gasteiger partial charge in [0.15, 0.2) is 0 Å². The van der Waals surface area contributed by atoms with Gasteiger partial charge >= 0.3 is 0 Å². The molecule has 1 aromatic heterocycles. The molecule has 3 nitrogen and oxygen atoms in total. The summed E-state index contributed by atoms with van der Waals surface area (Å²) in [5.41, 5.74) is 11.3. The average Bonchev–Trinajstić information content (AvgIpc) is 3.59. The molecule has 0 radical (unpaired) electrons. The number of halogens is 1. The fraction of sp³-hybridized carbons (Fsp3) is 0.0233. The lowest BCUT2D eigenvalue weighted by Crippen LogP contribution is -2.00. The Morgan fingerprint density at radius 3 is 1.45 bits per heavy atom. The van der Waals surface area contributed by atoms with E-state index in [2.05, 4.69) is 139 Å². The number of hydrogen-bond donors (Lipinski definition) is 0. The lowest BCUT2D eigenvalue weighted by molar-refractivity contribution is 0.650. The van der Waals surface area contributed by atoms with E-state index in [0.29, 0.717) is 11.6 Å².